The maximum absolute atomic E-state index is 8.20. The average Bonchev–Trinajstić information content (AvgIpc) is 1.67. The van der Waals surface area contributed by atoms with Crippen LogP contribution in [0.25, 0.3) is 0 Å². The number of hydrogen-bond acceptors (Lipinski definition) is 2. The fraction of sp³-hybridized carbons (Fsp3) is 0.833. The van der Waals surface area contributed by atoms with E-state index in [1.54, 1.807) is 0 Å². The van der Waals surface area contributed by atoms with Crippen LogP contribution in [0.4, 0.5) is 0 Å². The molecule has 0 aliphatic carbocycles. The Morgan fingerprint density at radius 2 is 2.25 bits per heavy atom. The van der Waals surface area contributed by atoms with Gasteiger partial charge in [-0.2, -0.15) is 5.26 Å². The van der Waals surface area contributed by atoms with Gasteiger partial charge < -0.3 is 5.73 Å². The summed E-state index contributed by atoms with van der Waals surface area (Å²) in [5.74, 6) is 0. The number of nitrogens with zero attached hydrogens (tertiary/aromatic N) is 1. The van der Waals surface area contributed by atoms with E-state index in [-0.39, 0.29) is 5.54 Å². The van der Waals surface area contributed by atoms with Gasteiger partial charge in [0.2, 0.25) is 0 Å². The van der Waals surface area contributed by atoms with Gasteiger partial charge in [0.25, 0.3) is 0 Å². The molecule has 0 aromatic carbocycles. The maximum atomic E-state index is 8.20. The summed E-state index contributed by atoms with van der Waals surface area (Å²) in [5.41, 5.74) is 5.33. The first-order chi connectivity index (χ1) is 3.62. The van der Waals surface area contributed by atoms with E-state index in [9.17, 15) is 0 Å². The lowest BCUT2D eigenvalue weighted by Gasteiger charge is -2.17. The molecule has 0 amide bonds. The van der Waals surface area contributed by atoms with Crippen molar-refractivity contribution < 1.29 is 0 Å². The van der Waals surface area contributed by atoms with Crippen LogP contribution < -0.4 is 5.73 Å². The molecule has 0 rings (SSSR count). The molecule has 0 heterocycles. The highest BCUT2D eigenvalue weighted by molar-refractivity contribution is 4.87. The molecule has 0 aromatic heterocycles. The molecule has 0 radical (unpaired) electrons. The standard InChI is InChI=1S/C6H12N2/c1-3-6(2,8)4-5-7/h3-4,8H2,1-2H3. The van der Waals surface area contributed by atoms with Crippen molar-refractivity contribution in [1.82, 2.24) is 0 Å². The monoisotopic (exact) mass is 112 g/mol. The second-order valence-corrected chi connectivity index (χ2v) is 2.34. The Kier molecular flexibility index (Phi) is 2.50. The average molecular weight is 112 g/mol. The molecule has 0 spiro atoms. The lowest BCUT2D eigenvalue weighted by Crippen LogP contribution is -2.34. The Bertz CT molecular complexity index is 99.6. The number of nitrogens with two attached hydrogens (primary N) is 1. The summed E-state index contributed by atoms with van der Waals surface area (Å²) in [5, 5.41) is 8.20. The fourth-order valence-corrected chi connectivity index (χ4v) is 0.306. The van der Waals surface area contributed by atoms with Crippen molar-refractivity contribution in [3.05, 3.63) is 0 Å². The van der Waals surface area contributed by atoms with Gasteiger partial charge in [-0.05, 0) is 13.3 Å². The van der Waals surface area contributed by atoms with Gasteiger partial charge in [-0.25, -0.2) is 0 Å². The van der Waals surface area contributed by atoms with Crippen LogP contribution in [-0.2, 0) is 0 Å². The van der Waals surface area contributed by atoms with Crippen LogP contribution in [0, 0.1) is 11.3 Å². The molecule has 0 aliphatic heterocycles. The Hall–Kier alpha value is -0.550. The predicted octanol–water partition coefficient (Wildman–Crippen LogP) is 1.03. The highest BCUT2D eigenvalue weighted by Gasteiger charge is 2.13. The van der Waals surface area contributed by atoms with E-state index in [0.717, 1.165) is 6.42 Å². The summed E-state index contributed by atoms with van der Waals surface area (Å²) in [4.78, 5) is 0. The fourth-order valence-electron chi connectivity index (χ4n) is 0.306. The van der Waals surface area contributed by atoms with E-state index < -0.39 is 0 Å². The van der Waals surface area contributed by atoms with Crippen LogP contribution in [0.1, 0.15) is 26.7 Å². The van der Waals surface area contributed by atoms with E-state index in [4.69, 9.17) is 11.0 Å². The smallest absolute Gasteiger partial charge is 0.0640 e. The third-order valence-corrected chi connectivity index (χ3v) is 1.29. The van der Waals surface area contributed by atoms with Crippen molar-refractivity contribution >= 4 is 0 Å². The van der Waals surface area contributed by atoms with Crippen molar-refractivity contribution in [2.45, 2.75) is 32.2 Å². The summed E-state index contributed by atoms with van der Waals surface area (Å²) in [6, 6.07) is 2.03. The van der Waals surface area contributed by atoms with E-state index in [1.165, 1.54) is 0 Å². The number of hydrogen-bond donors (Lipinski definition) is 1. The molecular weight excluding hydrogens is 100 g/mol. The molecule has 0 saturated heterocycles. The first-order valence-corrected chi connectivity index (χ1v) is 2.78. The van der Waals surface area contributed by atoms with Gasteiger partial charge in [-0.15, -0.1) is 0 Å². The van der Waals surface area contributed by atoms with Crippen LogP contribution in [0.5, 0.6) is 0 Å². The second kappa shape index (κ2) is 2.68. The van der Waals surface area contributed by atoms with Crippen LogP contribution in [0.2, 0.25) is 0 Å². The molecule has 0 bridgehead atoms. The quantitative estimate of drug-likeness (QED) is 0.580. The molecule has 2 N–H and O–H groups in total. The molecule has 1 unspecified atom stereocenters. The van der Waals surface area contributed by atoms with E-state index in [0.29, 0.717) is 6.42 Å². The van der Waals surface area contributed by atoms with Crippen LogP contribution in [-0.4, -0.2) is 5.54 Å². The van der Waals surface area contributed by atoms with Crippen molar-refractivity contribution in [1.29, 1.82) is 5.26 Å². The lowest BCUT2D eigenvalue weighted by molar-refractivity contribution is 0.463. The molecule has 0 saturated carbocycles. The zero-order valence-corrected chi connectivity index (χ0v) is 5.44. The molecule has 0 aromatic rings. The topological polar surface area (TPSA) is 49.8 Å². The first-order valence-electron chi connectivity index (χ1n) is 2.78. The minimum absolute atomic E-state index is 0.269. The highest BCUT2D eigenvalue weighted by atomic mass is 14.7. The van der Waals surface area contributed by atoms with Crippen LogP contribution >= 0.6 is 0 Å². The summed E-state index contributed by atoms with van der Waals surface area (Å²) in [6.07, 6.45) is 1.31. The van der Waals surface area contributed by atoms with Crippen molar-refractivity contribution in [2.75, 3.05) is 0 Å². The molecule has 46 valence electrons. The third-order valence-electron chi connectivity index (χ3n) is 1.29. The normalized spacial score (nSPS) is 16.8. The minimum atomic E-state index is -0.269. The molecule has 2 heteroatoms. The Morgan fingerprint density at radius 1 is 1.75 bits per heavy atom. The second-order valence-electron chi connectivity index (χ2n) is 2.34. The van der Waals surface area contributed by atoms with Gasteiger partial charge in [-0.3, -0.25) is 0 Å². The molecule has 2 nitrogen and oxygen atoms in total. The zero-order chi connectivity index (χ0) is 6.62. The van der Waals surface area contributed by atoms with Crippen molar-refractivity contribution in [3.8, 4) is 6.07 Å². The molecular formula is C6H12N2. The summed E-state index contributed by atoms with van der Waals surface area (Å²) in [7, 11) is 0. The van der Waals surface area contributed by atoms with Crippen LogP contribution in [0.3, 0.4) is 0 Å². The van der Waals surface area contributed by atoms with E-state index >= 15 is 0 Å². The Labute approximate surface area is 50.3 Å². The van der Waals surface area contributed by atoms with E-state index in [1.807, 2.05) is 19.9 Å². The SMILES string of the molecule is CCC(C)(N)CC#N. The summed E-state index contributed by atoms with van der Waals surface area (Å²) >= 11 is 0. The van der Waals surface area contributed by atoms with Crippen LogP contribution in [0.15, 0.2) is 0 Å². The molecule has 0 aliphatic rings. The molecule has 8 heavy (non-hydrogen) atoms. The van der Waals surface area contributed by atoms with Crippen molar-refractivity contribution in [2.24, 2.45) is 5.73 Å². The van der Waals surface area contributed by atoms with Gasteiger partial charge in [0.05, 0.1) is 12.5 Å². The van der Waals surface area contributed by atoms with E-state index in [2.05, 4.69) is 0 Å². The Morgan fingerprint density at radius 3 is 2.38 bits per heavy atom. The lowest BCUT2D eigenvalue weighted by atomic mass is 9.97. The molecule has 1 atom stereocenters. The number of nitriles is 1. The van der Waals surface area contributed by atoms with Gasteiger partial charge in [0.15, 0.2) is 0 Å². The van der Waals surface area contributed by atoms with Gasteiger partial charge >= 0.3 is 0 Å². The van der Waals surface area contributed by atoms with Gasteiger partial charge in [0.1, 0.15) is 0 Å². The van der Waals surface area contributed by atoms with Gasteiger partial charge in [0, 0.05) is 5.54 Å². The third kappa shape index (κ3) is 2.59. The summed E-state index contributed by atoms with van der Waals surface area (Å²) in [6.45, 7) is 3.87. The maximum Gasteiger partial charge on any atom is 0.0640 e. The van der Waals surface area contributed by atoms with Gasteiger partial charge in [-0.1, -0.05) is 6.92 Å². The zero-order valence-electron chi connectivity index (χ0n) is 5.44. The largest absolute Gasteiger partial charge is 0.324 e. The predicted molar refractivity (Wildman–Crippen MR) is 33.1 cm³/mol. The first kappa shape index (κ1) is 7.45. The highest BCUT2D eigenvalue weighted by Crippen LogP contribution is 2.07. The summed E-state index contributed by atoms with van der Waals surface area (Å²) < 4.78 is 0. The Balaban J connectivity index is 3.58. The minimum Gasteiger partial charge on any atom is -0.324 e. The molecule has 0 fully saturated rings. The van der Waals surface area contributed by atoms with Crippen molar-refractivity contribution in [3.63, 3.8) is 0 Å². The number of rotatable bonds is 2.